The lowest BCUT2D eigenvalue weighted by molar-refractivity contribution is -0.147. The SMILES string of the molecule is COC(=O)C1c2ccccc2CCN1CCCOc1ccc(C(F)(F)F)cc1. The van der Waals surface area contributed by atoms with E-state index >= 15 is 0 Å². The number of esters is 1. The molecule has 0 radical (unpaired) electrons. The van der Waals surface area contributed by atoms with Crippen molar-refractivity contribution in [2.24, 2.45) is 0 Å². The number of hydrogen-bond acceptors (Lipinski definition) is 4. The molecule has 1 unspecified atom stereocenters. The molecule has 0 aliphatic carbocycles. The van der Waals surface area contributed by atoms with Crippen molar-refractivity contribution in [2.75, 3.05) is 26.8 Å². The number of halogens is 3. The normalized spacial score (nSPS) is 17.1. The maximum absolute atomic E-state index is 12.6. The molecule has 1 aliphatic heterocycles. The summed E-state index contributed by atoms with van der Waals surface area (Å²) in [5.74, 6) is 0.0947. The van der Waals surface area contributed by atoms with Crippen molar-refractivity contribution >= 4 is 5.97 Å². The van der Waals surface area contributed by atoms with Crippen LogP contribution in [0.3, 0.4) is 0 Å². The number of nitrogens with zero attached hydrogens (tertiary/aromatic N) is 1. The number of hydrogen-bond donors (Lipinski definition) is 0. The summed E-state index contributed by atoms with van der Waals surface area (Å²) in [5.41, 5.74) is 1.41. The van der Waals surface area contributed by atoms with Crippen molar-refractivity contribution in [2.45, 2.75) is 25.1 Å². The molecule has 0 saturated carbocycles. The lowest BCUT2D eigenvalue weighted by Gasteiger charge is -2.35. The Balaban J connectivity index is 1.56. The largest absolute Gasteiger partial charge is 0.494 e. The van der Waals surface area contributed by atoms with E-state index in [2.05, 4.69) is 4.90 Å². The van der Waals surface area contributed by atoms with E-state index in [1.165, 1.54) is 19.2 Å². The minimum Gasteiger partial charge on any atom is -0.494 e. The van der Waals surface area contributed by atoms with Gasteiger partial charge >= 0.3 is 12.1 Å². The van der Waals surface area contributed by atoms with Gasteiger partial charge in [-0.1, -0.05) is 24.3 Å². The van der Waals surface area contributed by atoms with E-state index in [9.17, 15) is 18.0 Å². The van der Waals surface area contributed by atoms with Crippen LogP contribution in [0, 0.1) is 0 Å². The molecule has 0 N–H and O–H groups in total. The van der Waals surface area contributed by atoms with E-state index in [1.54, 1.807) is 0 Å². The van der Waals surface area contributed by atoms with Crippen molar-refractivity contribution in [3.8, 4) is 5.75 Å². The van der Waals surface area contributed by atoms with Crippen LogP contribution in [0.2, 0.25) is 0 Å². The van der Waals surface area contributed by atoms with Crippen molar-refractivity contribution in [3.05, 3.63) is 65.2 Å². The number of carbonyl (C=O) groups is 1. The van der Waals surface area contributed by atoms with E-state index in [0.717, 1.165) is 36.2 Å². The van der Waals surface area contributed by atoms with Crippen LogP contribution in [0.5, 0.6) is 5.75 Å². The van der Waals surface area contributed by atoms with Gasteiger partial charge in [0.2, 0.25) is 0 Å². The van der Waals surface area contributed by atoms with Gasteiger partial charge in [0.1, 0.15) is 11.8 Å². The second-order valence-electron chi connectivity index (χ2n) is 6.63. The summed E-state index contributed by atoms with van der Waals surface area (Å²) in [6.07, 6.45) is -2.87. The third-order valence-corrected chi connectivity index (χ3v) is 4.85. The van der Waals surface area contributed by atoms with Gasteiger partial charge in [-0.3, -0.25) is 4.90 Å². The van der Waals surface area contributed by atoms with Gasteiger partial charge in [-0.05, 0) is 48.2 Å². The van der Waals surface area contributed by atoms with Crippen LogP contribution in [-0.2, 0) is 22.1 Å². The van der Waals surface area contributed by atoms with Crippen LogP contribution in [-0.4, -0.2) is 37.7 Å². The maximum atomic E-state index is 12.6. The molecule has 2 aromatic carbocycles. The average Bonchev–Trinajstić information content (AvgIpc) is 2.70. The highest BCUT2D eigenvalue weighted by Gasteiger charge is 2.33. The fourth-order valence-corrected chi connectivity index (χ4v) is 3.44. The summed E-state index contributed by atoms with van der Waals surface area (Å²) in [4.78, 5) is 14.4. The Labute approximate surface area is 161 Å². The highest BCUT2D eigenvalue weighted by Crippen LogP contribution is 2.31. The van der Waals surface area contributed by atoms with Gasteiger partial charge in [0.25, 0.3) is 0 Å². The molecule has 0 saturated heterocycles. The van der Waals surface area contributed by atoms with Crippen molar-refractivity contribution < 1.29 is 27.4 Å². The number of rotatable bonds is 6. The number of ether oxygens (including phenoxy) is 2. The molecule has 2 aromatic rings. The second-order valence-corrected chi connectivity index (χ2v) is 6.63. The highest BCUT2D eigenvalue weighted by molar-refractivity contribution is 5.78. The van der Waals surface area contributed by atoms with E-state index in [1.807, 2.05) is 24.3 Å². The highest BCUT2D eigenvalue weighted by atomic mass is 19.4. The molecule has 1 heterocycles. The van der Waals surface area contributed by atoms with E-state index in [-0.39, 0.29) is 5.97 Å². The first kappa shape index (κ1) is 20.2. The monoisotopic (exact) mass is 393 g/mol. The predicted molar refractivity (Wildman–Crippen MR) is 98.0 cm³/mol. The lowest BCUT2D eigenvalue weighted by atomic mass is 9.92. The first-order chi connectivity index (χ1) is 13.4. The smallest absolute Gasteiger partial charge is 0.416 e. The van der Waals surface area contributed by atoms with Gasteiger partial charge in [-0.25, -0.2) is 4.79 Å². The Morgan fingerprint density at radius 2 is 1.86 bits per heavy atom. The molecule has 0 aromatic heterocycles. The molecular formula is C21H22F3NO3. The minimum atomic E-state index is -4.36. The lowest BCUT2D eigenvalue weighted by Crippen LogP contribution is -2.41. The Morgan fingerprint density at radius 3 is 2.54 bits per heavy atom. The molecule has 0 spiro atoms. The quantitative estimate of drug-likeness (QED) is 0.543. The number of benzene rings is 2. The van der Waals surface area contributed by atoms with Gasteiger partial charge in [0.05, 0.1) is 19.3 Å². The molecule has 7 heteroatoms. The summed E-state index contributed by atoms with van der Waals surface area (Å²) < 4.78 is 48.3. The minimum absolute atomic E-state index is 0.296. The van der Waals surface area contributed by atoms with E-state index < -0.39 is 17.8 Å². The molecule has 3 rings (SSSR count). The van der Waals surface area contributed by atoms with Crippen LogP contribution in [0.1, 0.15) is 29.2 Å². The first-order valence-corrected chi connectivity index (χ1v) is 9.10. The number of fused-ring (bicyclic) bond motifs is 1. The Hall–Kier alpha value is -2.54. The van der Waals surface area contributed by atoms with Crippen LogP contribution in [0.25, 0.3) is 0 Å². The molecule has 4 nitrogen and oxygen atoms in total. The fourth-order valence-electron chi connectivity index (χ4n) is 3.44. The van der Waals surface area contributed by atoms with Crippen molar-refractivity contribution in [1.82, 2.24) is 4.90 Å². The van der Waals surface area contributed by atoms with E-state index in [4.69, 9.17) is 9.47 Å². The standard InChI is InChI=1S/C21H22F3NO3/c1-27-20(26)19-18-6-3-2-5-15(18)11-13-25(19)12-4-14-28-17-9-7-16(8-10-17)21(22,23)24/h2-3,5-10,19H,4,11-14H2,1H3. The number of methoxy groups -OCH3 is 1. The van der Waals surface area contributed by atoms with Crippen LogP contribution in [0.4, 0.5) is 13.2 Å². The van der Waals surface area contributed by atoms with Gasteiger partial charge in [-0.2, -0.15) is 13.2 Å². The zero-order chi connectivity index (χ0) is 20.1. The Kier molecular flexibility index (Phi) is 6.24. The molecule has 0 amide bonds. The maximum Gasteiger partial charge on any atom is 0.416 e. The third kappa shape index (κ3) is 4.65. The number of alkyl halides is 3. The zero-order valence-corrected chi connectivity index (χ0v) is 15.5. The fraction of sp³-hybridized carbons (Fsp3) is 0.381. The molecular weight excluding hydrogens is 371 g/mol. The molecule has 1 atom stereocenters. The van der Waals surface area contributed by atoms with Crippen molar-refractivity contribution in [1.29, 1.82) is 0 Å². The van der Waals surface area contributed by atoms with Crippen LogP contribution in [0.15, 0.2) is 48.5 Å². The van der Waals surface area contributed by atoms with Gasteiger partial charge in [-0.15, -0.1) is 0 Å². The second kappa shape index (κ2) is 8.65. The molecule has 1 aliphatic rings. The molecule has 28 heavy (non-hydrogen) atoms. The summed E-state index contributed by atoms with van der Waals surface area (Å²) in [6.45, 7) is 1.70. The first-order valence-electron chi connectivity index (χ1n) is 9.10. The molecule has 150 valence electrons. The van der Waals surface area contributed by atoms with Crippen LogP contribution >= 0.6 is 0 Å². The topological polar surface area (TPSA) is 38.8 Å². The summed E-state index contributed by atoms with van der Waals surface area (Å²) >= 11 is 0. The zero-order valence-electron chi connectivity index (χ0n) is 15.5. The third-order valence-electron chi connectivity index (χ3n) is 4.85. The average molecular weight is 393 g/mol. The molecule has 0 bridgehead atoms. The Morgan fingerprint density at radius 1 is 1.14 bits per heavy atom. The Bertz CT molecular complexity index is 805. The van der Waals surface area contributed by atoms with Gasteiger partial charge in [0.15, 0.2) is 0 Å². The predicted octanol–water partition coefficient (Wildman–Crippen LogP) is 4.25. The van der Waals surface area contributed by atoms with Crippen LogP contribution < -0.4 is 4.74 Å². The summed E-state index contributed by atoms with van der Waals surface area (Å²) in [7, 11) is 1.38. The number of carbonyl (C=O) groups excluding carboxylic acids is 1. The van der Waals surface area contributed by atoms with Crippen molar-refractivity contribution in [3.63, 3.8) is 0 Å². The summed E-state index contributed by atoms with van der Waals surface area (Å²) in [5, 5.41) is 0. The van der Waals surface area contributed by atoms with E-state index in [0.29, 0.717) is 25.3 Å². The van der Waals surface area contributed by atoms with Gasteiger partial charge < -0.3 is 9.47 Å². The van der Waals surface area contributed by atoms with Gasteiger partial charge in [0, 0.05) is 13.1 Å². The summed E-state index contributed by atoms with van der Waals surface area (Å²) in [6, 6.07) is 12.0. The molecule has 0 fully saturated rings.